The topological polar surface area (TPSA) is 64.6 Å². The van der Waals surface area contributed by atoms with Crippen LogP contribution in [0.4, 0.5) is 4.79 Å². The van der Waals surface area contributed by atoms with Gasteiger partial charge >= 0.3 is 12.1 Å². The van der Waals surface area contributed by atoms with E-state index in [9.17, 15) is 9.59 Å². The van der Waals surface area contributed by atoms with Crippen LogP contribution in [0.1, 0.15) is 27.2 Å². The summed E-state index contributed by atoms with van der Waals surface area (Å²) in [6, 6.07) is -0.746. The summed E-state index contributed by atoms with van der Waals surface area (Å²) in [6.07, 6.45) is 4.41. The van der Waals surface area contributed by atoms with Crippen LogP contribution in [0.3, 0.4) is 0 Å². The van der Waals surface area contributed by atoms with Crippen molar-refractivity contribution in [1.29, 1.82) is 0 Å². The molecule has 0 heterocycles. The first-order valence-electron chi connectivity index (χ1n) is 5.11. The lowest BCUT2D eigenvalue weighted by atomic mass is 10.3. The second-order valence-corrected chi connectivity index (χ2v) is 3.25. The molecule has 16 heavy (non-hydrogen) atoms. The molecule has 0 unspecified atom stereocenters. The summed E-state index contributed by atoms with van der Waals surface area (Å²) < 4.78 is 9.57. The summed E-state index contributed by atoms with van der Waals surface area (Å²) in [7, 11) is 0. The van der Waals surface area contributed by atoms with E-state index in [1.54, 1.807) is 6.92 Å². The van der Waals surface area contributed by atoms with Crippen LogP contribution in [0.25, 0.3) is 0 Å². The summed E-state index contributed by atoms with van der Waals surface area (Å²) >= 11 is 0. The van der Waals surface area contributed by atoms with E-state index in [2.05, 4.69) is 11.2 Å². The van der Waals surface area contributed by atoms with E-state index < -0.39 is 24.2 Å². The van der Waals surface area contributed by atoms with Gasteiger partial charge in [0, 0.05) is 0 Å². The van der Waals surface area contributed by atoms with Crippen molar-refractivity contribution in [3.8, 4) is 12.3 Å². The zero-order valence-electron chi connectivity index (χ0n) is 9.78. The first kappa shape index (κ1) is 14.3. The molecule has 5 nitrogen and oxygen atoms in total. The van der Waals surface area contributed by atoms with Gasteiger partial charge < -0.3 is 14.8 Å². The van der Waals surface area contributed by atoms with Crippen LogP contribution in [0.15, 0.2) is 0 Å². The minimum absolute atomic E-state index is 0.334. The van der Waals surface area contributed by atoms with Gasteiger partial charge in [0.05, 0.1) is 6.61 Å². The van der Waals surface area contributed by atoms with E-state index in [0.29, 0.717) is 6.61 Å². The number of hydrogen-bond donors (Lipinski definition) is 1. The molecule has 0 rings (SSSR count). The highest BCUT2D eigenvalue weighted by atomic mass is 16.6. The fourth-order valence-electron chi connectivity index (χ4n) is 0.792. The fraction of sp³-hybridized carbons (Fsp3) is 0.636. The average molecular weight is 227 g/mol. The quantitative estimate of drug-likeness (QED) is 0.563. The van der Waals surface area contributed by atoms with Gasteiger partial charge in [0.2, 0.25) is 0 Å². The molecule has 90 valence electrons. The number of carbonyl (C=O) groups is 2. The van der Waals surface area contributed by atoms with E-state index in [4.69, 9.17) is 15.9 Å². The maximum absolute atomic E-state index is 11.3. The third-order valence-corrected chi connectivity index (χ3v) is 1.65. The van der Waals surface area contributed by atoms with Crippen molar-refractivity contribution in [1.82, 2.24) is 5.32 Å². The number of alkyl carbamates (subject to hydrolysis) is 1. The highest BCUT2D eigenvalue weighted by Gasteiger charge is 2.18. The Morgan fingerprint density at radius 1 is 1.44 bits per heavy atom. The van der Waals surface area contributed by atoms with Crippen LogP contribution in [0.2, 0.25) is 0 Å². The van der Waals surface area contributed by atoms with E-state index >= 15 is 0 Å². The Bertz CT molecular complexity index is 282. The maximum atomic E-state index is 11.3. The van der Waals surface area contributed by atoms with Gasteiger partial charge in [-0.15, -0.1) is 6.42 Å². The Hall–Kier alpha value is -1.70. The van der Waals surface area contributed by atoms with Gasteiger partial charge in [0.15, 0.2) is 6.10 Å². The summed E-state index contributed by atoms with van der Waals surface area (Å²) in [5.74, 6) is 1.74. The molecular formula is C11H17NO4. The van der Waals surface area contributed by atoms with E-state index in [0.717, 1.165) is 6.42 Å². The highest BCUT2D eigenvalue weighted by Crippen LogP contribution is 1.93. The molecular weight excluding hydrogens is 210 g/mol. The summed E-state index contributed by atoms with van der Waals surface area (Å²) in [4.78, 5) is 22.4. The second-order valence-electron chi connectivity index (χ2n) is 3.25. The lowest BCUT2D eigenvalue weighted by molar-refractivity contribution is -0.145. The molecule has 5 heteroatoms. The Balaban J connectivity index is 3.95. The lowest BCUT2D eigenvalue weighted by Crippen LogP contribution is -2.40. The number of amides is 1. The average Bonchev–Trinajstić information content (AvgIpc) is 2.25. The molecule has 1 amide bonds. The molecule has 0 aromatic heterocycles. The molecule has 0 radical (unpaired) electrons. The molecule has 0 aliphatic carbocycles. The number of ether oxygens (including phenoxy) is 2. The van der Waals surface area contributed by atoms with E-state index in [1.165, 1.54) is 6.92 Å². The Morgan fingerprint density at radius 2 is 2.06 bits per heavy atom. The molecule has 2 atom stereocenters. The third-order valence-electron chi connectivity index (χ3n) is 1.65. The molecule has 0 aliphatic heterocycles. The van der Waals surface area contributed by atoms with E-state index in [1.807, 2.05) is 6.92 Å². The fourth-order valence-corrected chi connectivity index (χ4v) is 0.792. The van der Waals surface area contributed by atoms with Crippen molar-refractivity contribution in [3.63, 3.8) is 0 Å². The zero-order chi connectivity index (χ0) is 12.6. The number of carbonyl (C=O) groups excluding carboxylic acids is 2. The van der Waals surface area contributed by atoms with Crippen molar-refractivity contribution in [2.75, 3.05) is 6.61 Å². The van der Waals surface area contributed by atoms with Gasteiger partial charge in [-0.3, -0.25) is 0 Å². The molecule has 0 aromatic rings. The lowest BCUT2D eigenvalue weighted by Gasteiger charge is -2.14. The number of terminal acetylenes is 1. The van der Waals surface area contributed by atoms with Crippen LogP contribution >= 0.6 is 0 Å². The van der Waals surface area contributed by atoms with Crippen LogP contribution in [-0.4, -0.2) is 30.8 Å². The Labute approximate surface area is 95.5 Å². The Kier molecular flexibility index (Phi) is 6.77. The highest BCUT2D eigenvalue weighted by molar-refractivity contribution is 5.80. The molecule has 0 saturated heterocycles. The first-order valence-corrected chi connectivity index (χ1v) is 5.11. The van der Waals surface area contributed by atoms with Crippen molar-refractivity contribution in [2.45, 2.75) is 39.3 Å². The first-order chi connectivity index (χ1) is 7.51. The summed E-state index contributed by atoms with van der Waals surface area (Å²) in [5.41, 5.74) is 0. The van der Waals surface area contributed by atoms with Gasteiger partial charge in [0.25, 0.3) is 0 Å². The number of nitrogens with one attached hydrogen (secondary N) is 1. The molecule has 0 aliphatic rings. The van der Waals surface area contributed by atoms with Crippen molar-refractivity contribution >= 4 is 12.1 Å². The van der Waals surface area contributed by atoms with Gasteiger partial charge in [-0.2, -0.15) is 0 Å². The molecule has 0 bridgehead atoms. The third kappa shape index (κ3) is 5.91. The minimum atomic E-state index is -0.746. The summed E-state index contributed by atoms with van der Waals surface area (Å²) in [5, 5.41) is 2.32. The smallest absolute Gasteiger partial charge is 0.409 e. The van der Waals surface area contributed by atoms with Gasteiger partial charge in [0.1, 0.15) is 6.04 Å². The van der Waals surface area contributed by atoms with Crippen LogP contribution in [-0.2, 0) is 14.3 Å². The largest absolute Gasteiger partial charge is 0.464 e. The number of esters is 1. The van der Waals surface area contributed by atoms with Gasteiger partial charge in [-0.25, -0.2) is 9.59 Å². The van der Waals surface area contributed by atoms with Crippen LogP contribution in [0.5, 0.6) is 0 Å². The Morgan fingerprint density at radius 3 is 2.56 bits per heavy atom. The normalized spacial score (nSPS) is 13.1. The maximum Gasteiger partial charge on any atom is 0.409 e. The molecule has 0 saturated carbocycles. The minimum Gasteiger partial charge on any atom is -0.464 e. The zero-order valence-corrected chi connectivity index (χ0v) is 9.78. The van der Waals surface area contributed by atoms with Gasteiger partial charge in [-0.1, -0.05) is 12.8 Å². The van der Waals surface area contributed by atoms with Crippen LogP contribution in [0, 0.1) is 12.3 Å². The molecule has 1 N–H and O–H groups in total. The second kappa shape index (κ2) is 7.57. The monoisotopic (exact) mass is 227 g/mol. The SMILES string of the molecule is C#C[C@H](C)OC(=O)N[C@H](C)C(=O)OCCC. The predicted octanol–water partition coefficient (Wildman–Crippen LogP) is 1.08. The standard InChI is InChI=1S/C11H17NO4/c1-5-7-15-10(13)9(4)12-11(14)16-8(3)6-2/h2,8-9H,5,7H2,1,3-4H3,(H,12,14)/t8-,9+/m0/s1. The molecule has 0 spiro atoms. The number of hydrogen-bond acceptors (Lipinski definition) is 4. The molecule has 0 aromatic carbocycles. The summed E-state index contributed by atoms with van der Waals surface area (Å²) in [6.45, 7) is 5.29. The van der Waals surface area contributed by atoms with Crippen molar-refractivity contribution < 1.29 is 19.1 Å². The van der Waals surface area contributed by atoms with Crippen LogP contribution < -0.4 is 5.32 Å². The molecule has 0 fully saturated rings. The van der Waals surface area contributed by atoms with Gasteiger partial charge in [-0.05, 0) is 20.3 Å². The number of rotatable bonds is 5. The van der Waals surface area contributed by atoms with E-state index in [-0.39, 0.29) is 0 Å². The van der Waals surface area contributed by atoms with Crippen molar-refractivity contribution in [3.05, 3.63) is 0 Å². The van der Waals surface area contributed by atoms with Crippen molar-refractivity contribution in [2.24, 2.45) is 0 Å². The predicted molar refractivity (Wildman–Crippen MR) is 58.6 cm³/mol.